The average Bonchev–Trinajstić information content (AvgIpc) is 2.28. The van der Waals surface area contributed by atoms with E-state index in [4.69, 9.17) is 5.73 Å². The lowest BCUT2D eigenvalue weighted by Crippen LogP contribution is -2.03. The molecule has 0 aliphatic heterocycles. The predicted octanol–water partition coefficient (Wildman–Crippen LogP) is 0.651. The van der Waals surface area contributed by atoms with Gasteiger partial charge in [-0.25, -0.2) is 9.78 Å². The largest absolute Gasteiger partial charge is 0.464 e. The lowest BCUT2D eigenvalue weighted by Gasteiger charge is -1.91. The van der Waals surface area contributed by atoms with Crippen molar-refractivity contribution in [3.63, 3.8) is 0 Å². The smallest absolute Gasteiger partial charge is 0.360 e. The number of esters is 1. The molecule has 0 aliphatic rings. The first kappa shape index (κ1) is 7.93. The van der Waals surface area contributed by atoms with Gasteiger partial charge in [0.15, 0.2) is 10.8 Å². The maximum absolute atomic E-state index is 12.6. The molecule has 2 N–H and O–H groups in total. The molecule has 1 aromatic heterocycles. The number of nitrogens with zero attached hydrogens (tertiary/aromatic N) is 1. The summed E-state index contributed by atoms with van der Waals surface area (Å²) < 4.78 is 16.9. The minimum atomic E-state index is -0.810. The van der Waals surface area contributed by atoms with Crippen LogP contribution in [0.25, 0.3) is 0 Å². The number of ether oxygens (including phenoxy) is 1. The molecule has 0 spiro atoms. The van der Waals surface area contributed by atoms with E-state index in [1.807, 2.05) is 0 Å². The number of carbonyl (C=O) groups is 1. The van der Waals surface area contributed by atoms with E-state index < -0.39 is 11.1 Å². The van der Waals surface area contributed by atoms with E-state index in [-0.39, 0.29) is 10.8 Å². The summed E-state index contributed by atoms with van der Waals surface area (Å²) in [5.74, 6) is -0.810. The van der Waals surface area contributed by atoms with E-state index in [9.17, 15) is 9.18 Å². The third kappa shape index (κ3) is 1.45. The fourth-order valence-corrected chi connectivity index (χ4v) is 1.09. The molecule has 0 aliphatic carbocycles. The minimum absolute atomic E-state index is 0.0166. The molecule has 0 fully saturated rings. The molecule has 11 heavy (non-hydrogen) atoms. The van der Waals surface area contributed by atoms with Crippen LogP contribution in [-0.4, -0.2) is 18.1 Å². The first-order chi connectivity index (χ1) is 5.15. The van der Waals surface area contributed by atoms with Crippen LogP contribution in [0.15, 0.2) is 0 Å². The molecule has 0 saturated heterocycles. The number of nitrogens with two attached hydrogens (primary N) is 1. The molecule has 0 amide bonds. The number of thiazole rings is 1. The van der Waals surface area contributed by atoms with Gasteiger partial charge in [-0.1, -0.05) is 11.3 Å². The van der Waals surface area contributed by atoms with Crippen LogP contribution >= 0.6 is 11.3 Å². The predicted molar refractivity (Wildman–Crippen MR) is 37.8 cm³/mol. The van der Waals surface area contributed by atoms with Gasteiger partial charge in [0.25, 0.3) is 0 Å². The van der Waals surface area contributed by atoms with Gasteiger partial charge < -0.3 is 10.5 Å². The van der Waals surface area contributed by atoms with Gasteiger partial charge in [-0.15, -0.1) is 0 Å². The van der Waals surface area contributed by atoms with Gasteiger partial charge >= 0.3 is 5.97 Å². The van der Waals surface area contributed by atoms with Crippen LogP contribution in [0.4, 0.5) is 9.52 Å². The van der Waals surface area contributed by atoms with Gasteiger partial charge in [-0.2, -0.15) is 4.39 Å². The highest BCUT2D eigenvalue weighted by Crippen LogP contribution is 2.18. The molecule has 1 heterocycles. The molecule has 0 atom stereocenters. The molecular formula is C5H5FN2O2S. The van der Waals surface area contributed by atoms with Crippen molar-refractivity contribution in [3.05, 3.63) is 10.8 Å². The molecule has 1 aromatic rings. The number of hydrogen-bond acceptors (Lipinski definition) is 5. The molecule has 0 aromatic carbocycles. The van der Waals surface area contributed by atoms with Crippen LogP contribution in [-0.2, 0) is 4.74 Å². The van der Waals surface area contributed by atoms with Crippen LogP contribution in [0.3, 0.4) is 0 Å². The van der Waals surface area contributed by atoms with Crippen molar-refractivity contribution in [2.24, 2.45) is 0 Å². The van der Waals surface area contributed by atoms with E-state index in [1.54, 1.807) is 0 Å². The van der Waals surface area contributed by atoms with Crippen LogP contribution in [0.1, 0.15) is 10.5 Å². The topological polar surface area (TPSA) is 65.2 Å². The van der Waals surface area contributed by atoms with Crippen molar-refractivity contribution < 1.29 is 13.9 Å². The Bertz CT molecular complexity index is 286. The summed E-state index contributed by atoms with van der Waals surface area (Å²) in [7, 11) is 1.15. The Hall–Kier alpha value is -1.17. The zero-order chi connectivity index (χ0) is 8.43. The highest BCUT2D eigenvalue weighted by atomic mass is 32.1. The summed E-state index contributed by atoms with van der Waals surface area (Å²) in [6.07, 6.45) is 0. The van der Waals surface area contributed by atoms with E-state index in [0.717, 1.165) is 7.11 Å². The second-order valence-electron chi connectivity index (χ2n) is 1.67. The maximum Gasteiger partial charge on any atom is 0.360 e. The van der Waals surface area contributed by atoms with E-state index in [0.29, 0.717) is 11.3 Å². The number of halogens is 1. The molecule has 0 radical (unpaired) electrons. The van der Waals surface area contributed by atoms with Crippen molar-refractivity contribution in [3.8, 4) is 0 Å². The summed E-state index contributed by atoms with van der Waals surface area (Å²) in [4.78, 5) is 14.1. The number of nitrogen functional groups attached to an aromatic ring is 1. The zero-order valence-corrected chi connectivity index (χ0v) is 6.44. The van der Waals surface area contributed by atoms with E-state index >= 15 is 0 Å². The molecule has 4 nitrogen and oxygen atoms in total. The summed E-state index contributed by atoms with van der Waals surface area (Å²) >= 11 is 0.612. The van der Waals surface area contributed by atoms with Gasteiger partial charge in [0.05, 0.1) is 7.11 Å². The van der Waals surface area contributed by atoms with Crippen molar-refractivity contribution in [1.29, 1.82) is 0 Å². The quantitative estimate of drug-likeness (QED) is 0.638. The van der Waals surface area contributed by atoms with Gasteiger partial charge in [-0.3, -0.25) is 0 Å². The Kier molecular flexibility index (Phi) is 2.04. The molecule has 1 rings (SSSR count). The fourth-order valence-electron chi connectivity index (χ4n) is 0.540. The Balaban J connectivity index is 3.03. The van der Waals surface area contributed by atoms with E-state index in [1.165, 1.54) is 0 Å². The summed E-state index contributed by atoms with van der Waals surface area (Å²) in [6.45, 7) is 0. The maximum atomic E-state index is 12.6. The molecule has 0 unspecified atom stereocenters. The number of methoxy groups -OCH3 is 1. The number of aromatic nitrogens is 1. The van der Waals surface area contributed by atoms with Crippen molar-refractivity contribution in [1.82, 2.24) is 4.98 Å². The van der Waals surface area contributed by atoms with Gasteiger partial charge in [0.1, 0.15) is 0 Å². The van der Waals surface area contributed by atoms with Crippen molar-refractivity contribution in [2.45, 2.75) is 0 Å². The van der Waals surface area contributed by atoms with Crippen molar-refractivity contribution in [2.75, 3.05) is 12.8 Å². The van der Waals surface area contributed by atoms with E-state index in [2.05, 4.69) is 9.72 Å². The van der Waals surface area contributed by atoms with Crippen LogP contribution in [0, 0.1) is 5.13 Å². The summed E-state index contributed by atoms with van der Waals surface area (Å²) in [6, 6.07) is 0. The first-order valence-electron chi connectivity index (χ1n) is 2.65. The molecule has 6 heteroatoms. The number of hydrogen-bond donors (Lipinski definition) is 1. The summed E-state index contributed by atoms with van der Waals surface area (Å²) in [5.41, 5.74) is 4.78. The summed E-state index contributed by atoms with van der Waals surface area (Å²) in [5, 5.41) is -0.697. The van der Waals surface area contributed by atoms with Crippen molar-refractivity contribution >= 4 is 22.4 Å². The fraction of sp³-hybridized carbons (Fsp3) is 0.200. The highest BCUT2D eigenvalue weighted by Gasteiger charge is 2.17. The number of rotatable bonds is 1. The minimum Gasteiger partial charge on any atom is -0.464 e. The van der Waals surface area contributed by atoms with Crippen LogP contribution < -0.4 is 5.73 Å². The first-order valence-corrected chi connectivity index (χ1v) is 3.47. The monoisotopic (exact) mass is 176 g/mol. The molecule has 0 bridgehead atoms. The van der Waals surface area contributed by atoms with Gasteiger partial charge in [-0.05, 0) is 0 Å². The Morgan fingerprint density at radius 2 is 2.45 bits per heavy atom. The number of anilines is 1. The molecule has 60 valence electrons. The highest BCUT2D eigenvalue weighted by molar-refractivity contribution is 7.14. The van der Waals surface area contributed by atoms with Gasteiger partial charge in [0.2, 0.25) is 5.13 Å². The molecule has 0 saturated carbocycles. The molecular weight excluding hydrogens is 171 g/mol. The van der Waals surface area contributed by atoms with Crippen LogP contribution in [0.2, 0.25) is 0 Å². The lowest BCUT2D eigenvalue weighted by molar-refractivity contribution is 0.0590. The normalized spacial score (nSPS) is 9.64. The zero-order valence-electron chi connectivity index (χ0n) is 5.63. The van der Waals surface area contributed by atoms with Gasteiger partial charge in [0, 0.05) is 0 Å². The second kappa shape index (κ2) is 2.83. The Labute approximate surface area is 65.8 Å². The average molecular weight is 176 g/mol. The Morgan fingerprint density at radius 1 is 1.82 bits per heavy atom. The van der Waals surface area contributed by atoms with Crippen LogP contribution in [0.5, 0.6) is 0 Å². The third-order valence-electron chi connectivity index (χ3n) is 0.981. The lowest BCUT2D eigenvalue weighted by atomic mass is 10.5. The SMILES string of the molecule is COC(=O)c1nc(N)sc1F. The second-order valence-corrected chi connectivity index (χ2v) is 2.65. The number of carbonyl (C=O) groups excluding carboxylic acids is 1. The standard InChI is InChI=1S/C5H5FN2O2S/c1-10-4(9)2-3(6)11-5(7)8-2/h1H3,(H2,7,8). The third-order valence-corrected chi connectivity index (χ3v) is 1.65. The Morgan fingerprint density at radius 3 is 2.82 bits per heavy atom.